The van der Waals surface area contributed by atoms with E-state index in [0.717, 1.165) is 35.7 Å². The summed E-state index contributed by atoms with van der Waals surface area (Å²) in [4.78, 5) is 19.8. The highest BCUT2D eigenvalue weighted by molar-refractivity contribution is 5.64. The summed E-state index contributed by atoms with van der Waals surface area (Å²) in [6.45, 7) is 3.55. The Bertz CT molecular complexity index is 880. The van der Waals surface area contributed by atoms with Crippen molar-refractivity contribution in [3.63, 3.8) is 0 Å². The van der Waals surface area contributed by atoms with Crippen LogP contribution in [0.2, 0.25) is 0 Å². The number of hydrogen-bond acceptors (Lipinski definition) is 8. The smallest absolute Gasteiger partial charge is 0.228 e. The highest BCUT2D eigenvalue weighted by Gasteiger charge is 2.16. The third-order valence-corrected chi connectivity index (χ3v) is 4.31. The number of nitrogens with two attached hydrogens (primary N) is 1. The monoisotopic (exact) mass is 363 g/mol. The Labute approximate surface area is 157 Å². The number of pyridine rings is 2. The molecule has 4 rings (SSSR count). The molecule has 8 nitrogen and oxygen atoms in total. The van der Waals surface area contributed by atoms with Crippen LogP contribution in [-0.2, 0) is 11.3 Å². The summed E-state index contributed by atoms with van der Waals surface area (Å²) < 4.78 is 5.44. The van der Waals surface area contributed by atoms with Gasteiger partial charge in [0, 0.05) is 49.9 Å². The average molecular weight is 363 g/mol. The predicted molar refractivity (Wildman–Crippen MR) is 104 cm³/mol. The summed E-state index contributed by atoms with van der Waals surface area (Å²) in [5.41, 5.74) is 8.54. The van der Waals surface area contributed by atoms with E-state index in [1.165, 1.54) is 0 Å². The van der Waals surface area contributed by atoms with Crippen LogP contribution in [0.15, 0.2) is 48.9 Å². The van der Waals surface area contributed by atoms with Gasteiger partial charge in [-0.2, -0.15) is 4.98 Å². The van der Waals surface area contributed by atoms with Gasteiger partial charge in [0.05, 0.1) is 18.9 Å². The number of ether oxygens (including phenoxy) is 1. The normalized spacial score (nSPS) is 14.1. The molecule has 0 spiro atoms. The number of morpholine rings is 1. The van der Waals surface area contributed by atoms with E-state index in [9.17, 15) is 0 Å². The number of nitrogens with zero attached hydrogens (tertiary/aromatic N) is 5. The Morgan fingerprint density at radius 3 is 2.63 bits per heavy atom. The van der Waals surface area contributed by atoms with E-state index in [2.05, 4.69) is 20.2 Å². The second kappa shape index (κ2) is 7.96. The minimum absolute atomic E-state index is 0.484. The fourth-order valence-corrected chi connectivity index (χ4v) is 2.83. The van der Waals surface area contributed by atoms with Gasteiger partial charge in [-0.1, -0.05) is 0 Å². The maximum atomic E-state index is 5.71. The molecule has 0 bridgehead atoms. The third-order valence-electron chi connectivity index (χ3n) is 4.31. The fourth-order valence-electron chi connectivity index (χ4n) is 2.83. The van der Waals surface area contributed by atoms with Crippen LogP contribution in [0.4, 0.5) is 17.6 Å². The molecule has 4 heterocycles. The Balaban J connectivity index is 1.64. The molecule has 0 unspecified atom stereocenters. The molecule has 0 radical (unpaired) electrons. The molecular weight excluding hydrogens is 342 g/mol. The summed E-state index contributed by atoms with van der Waals surface area (Å²) >= 11 is 0. The molecule has 1 fully saturated rings. The lowest BCUT2D eigenvalue weighted by atomic mass is 10.2. The highest BCUT2D eigenvalue weighted by Crippen LogP contribution is 2.24. The topological polar surface area (TPSA) is 102 Å². The molecule has 8 heteroatoms. The lowest BCUT2D eigenvalue weighted by molar-refractivity contribution is 0.122. The third kappa shape index (κ3) is 4.29. The zero-order valence-electron chi connectivity index (χ0n) is 14.9. The molecule has 138 valence electrons. The van der Waals surface area contributed by atoms with Crippen molar-refractivity contribution in [3.8, 4) is 11.3 Å². The van der Waals surface area contributed by atoms with E-state index < -0.39 is 0 Å². The molecule has 3 aromatic heterocycles. The molecular formula is C19H21N7O. The quantitative estimate of drug-likeness (QED) is 0.709. The van der Waals surface area contributed by atoms with Crippen LogP contribution in [0.25, 0.3) is 11.3 Å². The fraction of sp³-hybridized carbons (Fsp3) is 0.263. The predicted octanol–water partition coefficient (Wildman–Crippen LogP) is 1.96. The summed E-state index contributed by atoms with van der Waals surface area (Å²) in [5.74, 6) is 1.93. The van der Waals surface area contributed by atoms with Crippen LogP contribution in [-0.4, -0.2) is 46.2 Å². The number of nitrogens with one attached hydrogen (secondary N) is 1. The Morgan fingerprint density at radius 2 is 1.89 bits per heavy atom. The second-order valence-corrected chi connectivity index (χ2v) is 6.22. The van der Waals surface area contributed by atoms with Crippen LogP contribution in [0.5, 0.6) is 0 Å². The molecule has 0 aliphatic carbocycles. The van der Waals surface area contributed by atoms with Crippen molar-refractivity contribution in [2.45, 2.75) is 6.54 Å². The van der Waals surface area contributed by atoms with Gasteiger partial charge in [-0.15, -0.1) is 0 Å². The van der Waals surface area contributed by atoms with Crippen LogP contribution in [0.3, 0.4) is 0 Å². The van der Waals surface area contributed by atoms with E-state index >= 15 is 0 Å². The largest absolute Gasteiger partial charge is 0.384 e. The van der Waals surface area contributed by atoms with E-state index in [-0.39, 0.29) is 0 Å². The molecule has 1 aliphatic rings. The highest BCUT2D eigenvalue weighted by atomic mass is 16.5. The van der Waals surface area contributed by atoms with Gasteiger partial charge < -0.3 is 20.7 Å². The molecule has 0 saturated carbocycles. The lowest BCUT2D eigenvalue weighted by Gasteiger charge is -2.27. The van der Waals surface area contributed by atoms with Crippen molar-refractivity contribution in [2.24, 2.45) is 0 Å². The molecule has 27 heavy (non-hydrogen) atoms. The molecule has 0 atom stereocenters. The molecule has 3 aromatic rings. The first-order chi connectivity index (χ1) is 13.3. The van der Waals surface area contributed by atoms with Crippen molar-refractivity contribution in [3.05, 3.63) is 54.5 Å². The van der Waals surface area contributed by atoms with Crippen molar-refractivity contribution in [1.82, 2.24) is 19.9 Å². The van der Waals surface area contributed by atoms with Gasteiger partial charge in [0.2, 0.25) is 5.95 Å². The lowest BCUT2D eigenvalue weighted by Crippen LogP contribution is -2.37. The zero-order chi connectivity index (χ0) is 18.5. The van der Waals surface area contributed by atoms with Gasteiger partial charge in [-0.05, 0) is 29.8 Å². The van der Waals surface area contributed by atoms with Gasteiger partial charge in [0.1, 0.15) is 11.6 Å². The summed E-state index contributed by atoms with van der Waals surface area (Å²) in [6, 6.07) is 9.57. The number of rotatable bonds is 5. The second-order valence-electron chi connectivity index (χ2n) is 6.22. The van der Waals surface area contributed by atoms with Gasteiger partial charge in [0.25, 0.3) is 0 Å². The number of nitrogen functional groups attached to an aromatic ring is 1. The number of anilines is 3. The van der Waals surface area contributed by atoms with Crippen molar-refractivity contribution in [1.29, 1.82) is 0 Å². The van der Waals surface area contributed by atoms with Crippen molar-refractivity contribution >= 4 is 17.6 Å². The summed E-state index contributed by atoms with van der Waals surface area (Å²) in [6.07, 6.45) is 5.29. The first-order valence-electron chi connectivity index (χ1n) is 8.84. The van der Waals surface area contributed by atoms with Gasteiger partial charge in [0.15, 0.2) is 0 Å². The van der Waals surface area contributed by atoms with Crippen LogP contribution in [0, 0.1) is 0 Å². The van der Waals surface area contributed by atoms with Gasteiger partial charge in [-0.3, -0.25) is 4.98 Å². The minimum Gasteiger partial charge on any atom is -0.384 e. The molecule has 3 N–H and O–H groups in total. The Hall–Kier alpha value is -3.26. The van der Waals surface area contributed by atoms with Crippen LogP contribution < -0.4 is 16.0 Å². The Kier molecular flexibility index (Phi) is 5.06. The van der Waals surface area contributed by atoms with E-state index in [1.807, 2.05) is 24.3 Å². The standard InChI is InChI=1S/C19H21N7O/c20-17-2-1-15(13-22-17)16-11-18(23-12-14-3-5-21-6-4-14)25-19(24-16)26-7-9-27-10-8-26/h1-6,11,13H,7-10,12H2,(H2,20,22)(H,23,24,25). The SMILES string of the molecule is Nc1ccc(-c2cc(NCc3ccncc3)nc(N3CCOCC3)n2)cn1. The van der Waals surface area contributed by atoms with Gasteiger partial charge in [-0.25, -0.2) is 9.97 Å². The van der Waals surface area contributed by atoms with Gasteiger partial charge >= 0.3 is 0 Å². The van der Waals surface area contributed by atoms with Crippen molar-refractivity contribution in [2.75, 3.05) is 42.3 Å². The minimum atomic E-state index is 0.484. The van der Waals surface area contributed by atoms with E-state index in [0.29, 0.717) is 31.5 Å². The summed E-state index contributed by atoms with van der Waals surface area (Å²) in [5, 5.41) is 3.38. The Morgan fingerprint density at radius 1 is 1.07 bits per heavy atom. The zero-order valence-corrected chi connectivity index (χ0v) is 14.9. The van der Waals surface area contributed by atoms with Crippen LogP contribution >= 0.6 is 0 Å². The maximum Gasteiger partial charge on any atom is 0.228 e. The number of aromatic nitrogens is 4. The van der Waals surface area contributed by atoms with E-state index in [4.69, 9.17) is 20.4 Å². The number of hydrogen-bond donors (Lipinski definition) is 2. The van der Waals surface area contributed by atoms with Crippen molar-refractivity contribution < 1.29 is 4.74 Å². The maximum absolute atomic E-state index is 5.71. The summed E-state index contributed by atoms with van der Waals surface area (Å²) in [7, 11) is 0. The van der Waals surface area contributed by atoms with Crippen LogP contribution in [0.1, 0.15) is 5.56 Å². The molecule has 0 amide bonds. The first-order valence-corrected chi connectivity index (χ1v) is 8.84. The first kappa shape index (κ1) is 17.2. The molecule has 1 aliphatic heterocycles. The molecule has 1 saturated heterocycles. The van der Waals surface area contributed by atoms with E-state index in [1.54, 1.807) is 24.7 Å². The molecule has 0 aromatic carbocycles. The average Bonchev–Trinajstić information content (AvgIpc) is 2.74.